The molecule has 0 saturated carbocycles. The fraction of sp³-hybridized carbons (Fsp3) is 0.288. The summed E-state index contributed by atoms with van der Waals surface area (Å²) in [6.07, 6.45) is 5.38. The second kappa shape index (κ2) is 23.0. The number of hydrogen-bond donors (Lipinski definition) is 4. The number of hydrogen-bond acceptors (Lipinski definition) is 11. The second-order valence-corrected chi connectivity index (χ2v) is 16.8. The van der Waals surface area contributed by atoms with Crippen LogP contribution >= 0.6 is 0 Å². The zero-order valence-electron chi connectivity index (χ0n) is 37.5. The molecule has 0 aromatic heterocycles. The van der Waals surface area contributed by atoms with Crippen molar-refractivity contribution in [2.75, 3.05) is 40.0 Å². The van der Waals surface area contributed by atoms with E-state index in [1.165, 1.54) is 4.90 Å². The Kier molecular flexibility index (Phi) is 16.7. The lowest BCUT2D eigenvalue weighted by Gasteiger charge is -2.30. The van der Waals surface area contributed by atoms with Gasteiger partial charge in [-0.2, -0.15) is 0 Å². The van der Waals surface area contributed by atoms with Crippen LogP contribution in [-0.2, 0) is 46.9 Å². The van der Waals surface area contributed by atoms with Crippen molar-refractivity contribution in [2.45, 2.75) is 58.3 Å². The molecule has 0 fully saturated rings. The second-order valence-electron chi connectivity index (χ2n) is 16.8. The zero-order chi connectivity index (χ0) is 46.6. The quantitative estimate of drug-likeness (QED) is 0.0159. The maximum absolute atomic E-state index is 14.1. The van der Waals surface area contributed by atoms with Crippen LogP contribution in [0.2, 0.25) is 0 Å². The molecule has 1 aliphatic heterocycles. The highest BCUT2D eigenvalue weighted by molar-refractivity contribution is 6.59. The van der Waals surface area contributed by atoms with Gasteiger partial charge in [0, 0.05) is 56.7 Å². The molecule has 7 rings (SSSR count). The van der Waals surface area contributed by atoms with Crippen molar-refractivity contribution in [3.8, 4) is 0 Å². The topological polar surface area (TPSA) is 160 Å². The van der Waals surface area contributed by atoms with E-state index in [4.69, 9.17) is 9.47 Å². The number of fused-ring (bicyclic) bond motifs is 2. The van der Waals surface area contributed by atoms with Crippen molar-refractivity contribution >= 4 is 64.5 Å². The molecule has 0 bridgehead atoms. The number of esters is 1. The van der Waals surface area contributed by atoms with Crippen LogP contribution in [0, 0.1) is 0 Å². The molecule has 340 valence electrons. The van der Waals surface area contributed by atoms with Gasteiger partial charge in [0.05, 0.1) is 25.3 Å². The average Bonchev–Trinajstić information content (AvgIpc) is 3.32. The number of methoxy groups -OCH3 is 1. The number of ether oxygens (including phenoxy) is 2. The maximum Gasteiger partial charge on any atom is 0.488 e. The van der Waals surface area contributed by atoms with E-state index in [0.717, 1.165) is 82.3 Å². The predicted octanol–water partition coefficient (Wildman–Crippen LogP) is 5.13. The van der Waals surface area contributed by atoms with E-state index in [2.05, 4.69) is 28.5 Å². The molecular formula is C52H57B2N3O9. The zero-order valence-corrected chi connectivity index (χ0v) is 37.5. The predicted molar refractivity (Wildman–Crippen MR) is 259 cm³/mol. The molecule has 66 heavy (non-hydrogen) atoms. The molecule has 0 spiro atoms. The Balaban J connectivity index is 1.09. The first kappa shape index (κ1) is 48.0. The highest BCUT2D eigenvalue weighted by atomic mass is 16.5. The Bertz CT molecular complexity index is 2660. The Morgan fingerprint density at radius 1 is 0.636 bits per heavy atom. The first-order valence-electron chi connectivity index (χ1n) is 22.6. The summed E-state index contributed by atoms with van der Waals surface area (Å²) in [7, 11) is -1.67. The Hall–Kier alpha value is -5.96. The lowest BCUT2D eigenvalue weighted by Crippen LogP contribution is -2.42. The largest absolute Gasteiger partial charge is 0.488 e. The molecule has 6 aromatic rings. The summed E-state index contributed by atoms with van der Waals surface area (Å²) < 4.78 is 10.4. The third kappa shape index (κ3) is 11.5. The van der Waals surface area contributed by atoms with Crippen LogP contribution in [-0.4, -0.2) is 107 Å². The Morgan fingerprint density at radius 3 is 1.80 bits per heavy atom. The van der Waals surface area contributed by atoms with Gasteiger partial charge >= 0.3 is 20.2 Å². The summed E-state index contributed by atoms with van der Waals surface area (Å²) in [5, 5.41) is 44.2. The molecule has 4 N–H and O–H groups in total. The lowest BCUT2D eigenvalue weighted by atomic mass is 9.77. The maximum atomic E-state index is 14.1. The number of carbonyl (C=O) groups excluding carboxylic acids is 3. The molecule has 0 aliphatic carbocycles. The number of amides is 2. The third-order valence-electron chi connectivity index (χ3n) is 12.4. The molecule has 14 heteroatoms. The molecular weight excluding hydrogens is 832 g/mol. The van der Waals surface area contributed by atoms with Crippen molar-refractivity contribution in [1.82, 2.24) is 14.7 Å². The van der Waals surface area contributed by atoms with E-state index < -0.39 is 20.2 Å². The number of nitrogens with zero attached hydrogens (tertiary/aromatic N) is 3. The molecule has 0 atom stereocenters. The third-order valence-corrected chi connectivity index (χ3v) is 12.4. The van der Waals surface area contributed by atoms with Crippen LogP contribution in [0.1, 0.15) is 74.2 Å². The van der Waals surface area contributed by atoms with Crippen molar-refractivity contribution in [1.29, 1.82) is 0 Å². The van der Waals surface area contributed by atoms with Crippen LogP contribution in [0.4, 0.5) is 0 Å². The monoisotopic (exact) mass is 889 g/mol. The van der Waals surface area contributed by atoms with Gasteiger partial charge < -0.3 is 29.6 Å². The molecule has 12 nitrogen and oxygen atoms in total. The summed E-state index contributed by atoms with van der Waals surface area (Å²) in [5.41, 5.74) is 6.71. The van der Waals surface area contributed by atoms with Crippen molar-refractivity contribution in [2.24, 2.45) is 0 Å². The minimum Gasteiger partial charge on any atom is -0.462 e. The number of unbranched alkanes of at least 4 members (excludes halogenated alkanes) is 3. The highest BCUT2D eigenvalue weighted by Crippen LogP contribution is 2.39. The molecule has 6 aromatic carbocycles. The fourth-order valence-corrected chi connectivity index (χ4v) is 9.06. The number of rotatable bonds is 24. The number of benzene rings is 6. The number of imide groups is 1. The Morgan fingerprint density at radius 2 is 1.20 bits per heavy atom. The van der Waals surface area contributed by atoms with Gasteiger partial charge in [0.2, 0.25) is 0 Å². The van der Waals surface area contributed by atoms with Gasteiger partial charge in [0.25, 0.3) is 11.8 Å². The van der Waals surface area contributed by atoms with Crippen LogP contribution in [0.25, 0.3) is 21.5 Å². The van der Waals surface area contributed by atoms with E-state index in [0.29, 0.717) is 66.6 Å². The normalized spacial score (nSPS) is 12.4. The standard InChI is InChI=1S/C52H57B2N3O9/c1-3-48(58)66-31-27-37-23-25-38(26-24-37)33-55(34-39-15-6-10-21-46(39)53(61)62)28-12-4-5-13-29-56(35-40-16-7-11-22-47(40)54(63)64)36-45-41-17-8-9-18-42(41)50-49-43(45)19-14-20-44(49)51(59)57(52(50)60)30-32-65-2/h3,6-11,14-26,61-64H,1,4-5,12-13,27-36H2,2H3. The summed E-state index contributed by atoms with van der Waals surface area (Å²) >= 11 is 0. The van der Waals surface area contributed by atoms with Crippen molar-refractivity contribution < 1.29 is 44.0 Å². The van der Waals surface area contributed by atoms with Gasteiger partial charge in [0.1, 0.15) is 0 Å². The molecule has 0 saturated heterocycles. The molecule has 0 radical (unpaired) electrons. The smallest absolute Gasteiger partial charge is 0.462 e. The summed E-state index contributed by atoms with van der Waals surface area (Å²) in [6.45, 7) is 7.66. The van der Waals surface area contributed by atoms with E-state index in [1.807, 2.05) is 72.8 Å². The number of carbonyl (C=O) groups is 3. The fourth-order valence-electron chi connectivity index (χ4n) is 9.06. The lowest BCUT2D eigenvalue weighted by molar-refractivity contribution is -0.137. The van der Waals surface area contributed by atoms with Crippen molar-refractivity contribution in [3.05, 3.63) is 167 Å². The molecule has 2 amide bonds. The average molecular weight is 890 g/mol. The molecule has 1 aliphatic rings. The van der Waals surface area contributed by atoms with Gasteiger partial charge in [-0.1, -0.05) is 129 Å². The summed E-state index contributed by atoms with van der Waals surface area (Å²) in [5.74, 6) is -1.12. The van der Waals surface area contributed by atoms with Crippen LogP contribution < -0.4 is 10.9 Å². The van der Waals surface area contributed by atoms with Crippen LogP contribution in [0.5, 0.6) is 0 Å². The minimum atomic E-state index is -1.63. The van der Waals surface area contributed by atoms with E-state index in [-0.39, 0.29) is 31.6 Å². The van der Waals surface area contributed by atoms with E-state index >= 15 is 0 Å². The van der Waals surface area contributed by atoms with E-state index in [9.17, 15) is 34.5 Å². The highest BCUT2D eigenvalue weighted by Gasteiger charge is 2.35. The van der Waals surface area contributed by atoms with Crippen LogP contribution in [0.3, 0.4) is 0 Å². The van der Waals surface area contributed by atoms with Gasteiger partial charge in [-0.05, 0) is 86.9 Å². The summed E-state index contributed by atoms with van der Waals surface area (Å²) in [4.78, 5) is 45.4. The summed E-state index contributed by atoms with van der Waals surface area (Å²) in [6, 6.07) is 36.4. The minimum absolute atomic E-state index is 0.150. The Labute approximate surface area is 387 Å². The van der Waals surface area contributed by atoms with Crippen LogP contribution in [0.15, 0.2) is 128 Å². The first-order valence-corrected chi connectivity index (χ1v) is 22.6. The molecule has 1 heterocycles. The van der Waals surface area contributed by atoms with Gasteiger partial charge in [-0.25, -0.2) is 4.79 Å². The SMILES string of the molecule is C=CC(=O)OCCc1ccc(CN(CCCCCCN(Cc2ccccc2B(O)O)Cc2c3ccccc3c3c4c(cccc24)C(=O)N(CCOC)C3=O)Cc2ccccc2B(O)O)cc1. The van der Waals surface area contributed by atoms with Crippen molar-refractivity contribution in [3.63, 3.8) is 0 Å². The van der Waals surface area contributed by atoms with Gasteiger partial charge in [-0.3, -0.25) is 24.3 Å². The first-order chi connectivity index (χ1) is 32.1. The van der Waals surface area contributed by atoms with Gasteiger partial charge in [-0.15, -0.1) is 0 Å². The van der Waals surface area contributed by atoms with E-state index in [1.54, 1.807) is 37.4 Å². The molecule has 0 unspecified atom stereocenters. The van der Waals surface area contributed by atoms with Gasteiger partial charge in [0.15, 0.2) is 0 Å².